The number of thioether (sulfide) groups is 1. The zero-order chi connectivity index (χ0) is 23.2. The molecule has 3 aromatic carbocycles. The lowest BCUT2D eigenvalue weighted by Gasteiger charge is -2.49. The number of carboxylic acid groups (broad SMARTS) is 1. The highest BCUT2D eigenvalue weighted by molar-refractivity contribution is 8.01. The van der Waals surface area contributed by atoms with Crippen molar-refractivity contribution < 1.29 is 14.7 Å². The smallest absolute Gasteiger partial charge is 0.327 e. The third-order valence-corrected chi connectivity index (χ3v) is 8.24. The van der Waals surface area contributed by atoms with Crippen molar-refractivity contribution in [2.45, 2.75) is 41.6 Å². The zero-order valence-electron chi connectivity index (χ0n) is 18.5. The number of carbonyl (C=O) groups is 2. The van der Waals surface area contributed by atoms with Crippen molar-refractivity contribution in [1.82, 2.24) is 10.2 Å². The first-order chi connectivity index (χ1) is 15.9. The van der Waals surface area contributed by atoms with Crippen molar-refractivity contribution in [1.29, 1.82) is 0 Å². The molecule has 1 amide bonds. The molecule has 2 saturated heterocycles. The van der Waals surface area contributed by atoms with Gasteiger partial charge in [0.15, 0.2) is 0 Å². The van der Waals surface area contributed by atoms with Gasteiger partial charge < -0.3 is 10.0 Å². The second kappa shape index (κ2) is 8.04. The first kappa shape index (κ1) is 21.7. The molecule has 0 radical (unpaired) electrons. The van der Waals surface area contributed by atoms with Gasteiger partial charge in [0.25, 0.3) is 0 Å². The topological polar surface area (TPSA) is 69.6 Å². The van der Waals surface area contributed by atoms with Crippen molar-refractivity contribution >= 4 is 23.6 Å². The fraction of sp³-hybridized carbons (Fsp3) is 0.259. The summed E-state index contributed by atoms with van der Waals surface area (Å²) in [5.74, 6) is -1.13. The average Bonchev–Trinajstić information content (AvgIpc) is 3.09. The van der Waals surface area contributed by atoms with Gasteiger partial charge in [-0.15, -0.1) is 11.8 Å². The van der Waals surface area contributed by atoms with Gasteiger partial charge in [0.1, 0.15) is 17.5 Å². The van der Waals surface area contributed by atoms with Crippen LogP contribution in [0.5, 0.6) is 0 Å². The highest BCUT2D eigenvalue weighted by Gasteiger charge is 2.65. The number of rotatable bonds is 6. The zero-order valence-corrected chi connectivity index (χ0v) is 19.3. The maximum Gasteiger partial charge on any atom is 0.327 e. The van der Waals surface area contributed by atoms with Crippen molar-refractivity contribution in [3.05, 3.63) is 108 Å². The molecule has 33 heavy (non-hydrogen) atoms. The minimum atomic E-state index is -0.956. The number of hydrogen-bond acceptors (Lipinski definition) is 4. The van der Waals surface area contributed by atoms with Gasteiger partial charge in [0, 0.05) is 4.75 Å². The quantitative estimate of drug-likeness (QED) is 0.430. The van der Waals surface area contributed by atoms with Crippen LogP contribution in [-0.2, 0) is 15.1 Å². The van der Waals surface area contributed by atoms with Crippen molar-refractivity contribution in [3.8, 4) is 0 Å². The number of carboxylic acids is 1. The number of fused-ring (bicyclic) bond motifs is 1. The fourth-order valence-electron chi connectivity index (χ4n) is 5.19. The SMILES string of the molecule is CC1(C)S[C@@H]2[C@H](NC(c3ccccc3)(c3ccccc3)c3ccccc3)C(=O)N2[C@H]1C(=O)O. The lowest BCUT2D eigenvalue weighted by atomic mass is 9.76. The third-order valence-electron chi connectivity index (χ3n) is 6.67. The molecule has 5 rings (SSSR count). The van der Waals surface area contributed by atoms with E-state index >= 15 is 0 Å². The predicted octanol–water partition coefficient (Wildman–Crippen LogP) is 4.08. The molecule has 0 unspecified atom stereocenters. The van der Waals surface area contributed by atoms with Crippen LogP contribution in [0.25, 0.3) is 0 Å². The van der Waals surface area contributed by atoms with E-state index < -0.39 is 28.3 Å². The Balaban J connectivity index is 1.64. The molecule has 2 N–H and O–H groups in total. The van der Waals surface area contributed by atoms with E-state index in [2.05, 4.69) is 41.7 Å². The van der Waals surface area contributed by atoms with Crippen LogP contribution in [0.4, 0.5) is 0 Å². The Hall–Kier alpha value is -3.09. The maximum absolute atomic E-state index is 13.4. The van der Waals surface area contributed by atoms with Gasteiger partial charge in [-0.3, -0.25) is 10.1 Å². The predicted molar refractivity (Wildman–Crippen MR) is 130 cm³/mol. The molecule has 0 spiro atoms. The molecule has 6 heteroatoms. The van der Waals surface area contributed by atoms with Gasteiger partial charge in [-0.1, -0.05) is 91.0 Å². The molecule has 0 aromatic heterocycles. The summed E-state index contributed by atoms with van der Waals surface area (Å²) in [5, 5.41) is 13.3. The highest BCUT2D eigenvalue weighted by Crippen LogP contribution is 2.52. The number of β-lactam (4-membered cyclic amide) rings is 1. The first-order valence-electron chi connectivity index (χ1n) is 11.0. The van der Waals surface area contributed by atoms with Crippen molar-refractivity contribution in [2.75, 3.05) is 0 Å². The summed E-state index contributed by atoms with van der Waals surface area (Å²) in [6.07, 6.45) is 0. The van der Waals surface area contributed by atoms with Crippen LogP contribution >= 0.6 is 11.8 Å². The standard InChI is InChI=1S/C27H26N2O3S/c1-26(2)22(25(31)32)29-23(30)21(24(29)33-26)28-27(18-12-6-3-7-13-18,19-14-8-4-9-15-19)20-16-10-5-11-17-20/h3-17,21-22,24,28H,1-2H3,(H,31,32)/t21-,22+,24-/m1/s1. The Kier molecular flexibility index (Phi) is 5.30. The fourth-order valence-corrected chi connectivity index (χ4v) is 6.82. The molecule has 0 saturated carbocycles. The normalized spacial score (nSPS) is 23.6. The van der Waals surface area contributed by atoms with E-state index in [1.807, 2.05) is 68.4 Å². The van der Waals surface area contributed by atoms with Gasteiger partial charge in [-0.2, -0.15) is 0 Å². The van der Waals surface area contributed by atoms with Gasteiger partial charge >= 0.3 is 5.97 Å². The van der Waals surface area contributed by atoms with E-state index in [0.717, 1.165) is 16.7 Å². The second-order valence-electron chi connectivity index (χ2n) is 9.07. The number of nitrogens with zero attached hydrogens (tertiary/aromatic N) is 1. The van der Waals surface area contributed by atoms with Gasteiger partial charge in [-0.05, 0) is 30.5 Å². The number of nitrogens with one attached hydrogen (secondary N) is 1. The van der Waals surface area contributed by atoms with Gasteiger partial charge in [-0.25, -0.2) is 4.79 Å². The molecule has 5 nitrogen and oxygen atoms in total. The van der Waals surface area contributed by atoms with E-state index in [4.69, 9.17) is 0 Å². The molecular weight excluding hydrogens is 432 g/mol. The Morgan fingerprint density at radius 1 is 0.879 bits per heavy atom. The van der Waals surface area contributed by atoms with Crippen LogP contribution in [0.1, 0.15) is 30.5 Å². The van der Waals surface area contributed by atoms with E-state index in [1.54, 1.807) is 11.8 Å². The van der Waals surface area contributed by atoms with Crippen LogP contribution in [0, 0.1) is 0 Å². The molecule has 2 fully saturated rings. The van der Waals surface area contributed by atoms with E-state index in [1.165, 1.54) is 4.90 Å². The molecule has 2 aliphatic heterocycles. The summed E-state index contributed by atoms with van der Waals surface area (Å²) in [7, 11) is 0. The summed E-state index contributed by atoms with van der Waals surface area (Å²) in [4.78, 5) is 26.9. The average molecular weight is 459 g/mol. The molecule has 0 aliphatic carbocycles. The van der Waals surface area contributed by atoms with Crippen molar-refractivity contribution in [3.63, 3.8) is 0 Å². The molecule has 3 atom stereocenters. The Bertz CT molecular complexity index is 1070. The number of amides is 1. The molecule has 2 heterocycles. The molecule has 2 aliphatic rings. The molecule has 3 aromatic rings. The Labute approximate surface area is 197 Å². The third kappa shape index (κ3) is 3.36. The molecular formula is C27H26N2O3S. The monoisotopic (exact) mass is 458 g/mol. The second-order valence-corrected chi connectivity index (χ2v) is 10.8. The summed E-state index contributed by atoms with van der Waals surface area (Å²) in [6.45, 7) is 3.80. The van der Waals surface area contributed by atoms with Crippen LogP contribution in [-0.4, -0.2) is 44.1 Å². The summed E-state index contributed by atoms with van der Waals surface area (Å²) < 4.78 is -0.572. The summed E-state index contributed by atoms with van der Waals surface area (Å²) in [5.41, 5.74) is 2.28. The van der Waals surface area contributed by atoms with Crippen LogP contribution in [0.2, 0.25) is 0 Å². The molecule has 168 valence electrons. The van der Waals surface area contributed by atoms with Crippen molar-refractivity contribution in [2.24, 2.45) is 0 Å². The minimum Gasteiger partial charge on any atom is -0.480 e. The number of aliphatic carboxylic acids is 1. The lowest BCUT2D eigenvalue weighted by molar-refractivity contribution is -0.160. The number of benzene rings is 3. The van der Waals surface area contributed by atoms with Gasteiger partial charge in [0.2, 0.25) is 5.91 Å². The minimum absolute atomic E-state index is 0.169. The van der Waals surface area contributed by atoms with Crippen LogP contribution in [0.15, 0.2) is 91.0 Å². The van der Waals surface area contributed by atoms with E-state index in [-0.39, 0.29) is 11.3 Å². The van der Waals surface area contributed by atoms with Crippen LogP contribution < -0.4 is 5.32 Å². The largest absolute Gasteiger partial charge is 0.480 e. The van der Waals surface area contributed by atoms with Gasteiger partial charge in [0.05, 0.1) is 5.54 Å². The lowest BCUT2D eigenvalue weighted by Crippen LogP contribution is -2.72. The maximum atomic E-state index is 13.4. The van der Waals surface area contributed by atoms with E-state index in [0.29, 0.717) is 0 Å². The Morgan fingerprint density at radius 2 is 1.30 bits per heavy atom. The van der Waals surface area contributed by atoms with E-state index in [9.17, 15) is 14.7 Å². The first-order valence-corrected chi connectivity index (χ1v) is 11.9. The summed E-state index contributed by atoms with van der Waals surface area (Å²) >= 11 is 1.55. The molecule has 0 bridgehead atoms. The number of hydrogen-bond donors (Lipinski definition) is 2. The highest BCUT2D eigenvalue weighted by atomic mass is 32.2. The summed E-state index contributed by atoms with van der Waals surface area (Å²) in [6, 6.07) is 29.0. The van der Waals surface area contributed by atoms with Crippen LogP contribution in [0.3, 0.4) is 0 Å². The Morgan fingerprint density at radius 3 is 1.70 bits per heavy atom. The number of carbonyl (C=O) groups excluding carboxylic acids is 1.